The van der Waals surface area contributed by atoms with Crippen LogP contribution in [0.2, 0.25) is 0 Å². The van der Waals surface area contributed by atoms with Crippen molar-refractivity contribution in [3.05, 3.63) is 52.0 Å². The zero-order valence-corrected chi connectivity index (χ0v) is 12.1. The fraction of sp³-hybridized carbons (Fsp3) is 0.375. The second kappa shape index (κ2) is 5.10. The number of aliphatic hydroxyl groups excluding tert-OH is 1. The summed E-state index contributed by atoms with van der Waals surface area (Å²) in [7, 11) is 1.65. The number of rotatable bonds is 3. The van der Waals surface area contributed by atoms with Crippen LogP contribution in [0.1, 0.15) is 39.9 Å². The number of aliphatic hydroxyl groups is 1. The van der Waals surface area contributed by atoms with Crippen molar-refractivity contribution in [1.82, 2.24) is 0 Å². The van der Waals surface area contributed by atoms with Crippen molar-refractivity contribution < 1.29 is 14.3 Å². The number of furan rings is 1. The molecule has 1 heterocycles. The number of ether oxygens (including phenoxy) is 1. The molecule has 1 unspecified atom stereocenters. The van der Waals surface area contributed by atoms with Crippen molar-refractivity contribution in [1.29, 1.82) is 0 Å². The third-order valence-electron chi connectivity index (χ3n) is 3.63. The molecule has 0 aliphatic rings. The second-order valence-corrected chi connectivity index (χ2v) is 4.88. The number of benzene rings is 1. The number of hydrogen-bond donors (Lipinski definition) is 1. The summed E-state index contributed by atoms with van der Waals surface area (Å²) in [5, 5.41) is 10.6. The molecule has 0 saturated carbocycles. The standard InChI is InChI=1S/C16H20O3/c1-9-8-13(6-7-14(9)18-5)16(17)15-10(2)11(3)19-12(15)4/h6-8,16-17H,1-5H3. The van der Waals surface area contributed by atoms with Crippen molar-refractivity contribution >= 4 is 0 Å². The van der Waals surface area contributed by atoms with Crippen LogP contribution in [0.25, 0.3) is 0 Å². The normalized spacial score (nSPS) is 12.5. The summed E-state index contributed by atoms with van der Waals surface area (Å²) in [6.07, 6.45) is -0.665. The van der Waals surface area contributed by atoms with E-state index in [4.69, 9.17) is 9.15 Å². The Balaban J connectivity index is 2.44. The summed E-state index contributed by atoms with van der Waals surface area (Å²) in [5.41, 5.74) is 3.74. The molecule has 1 aromatic heterocycles. The fourth-order valence-electron chi connectivity index (χ4n) is 2.45. The first-order valence-corrected chi connectivity index (χ1v) is 6.34. The maximum Gasteiger partial charge on any atom is 0.121 e. The van der Waals surface area contributed by atoms with Crippen LogP contribution >= 0.6 is 0 Å². The lowest BCUT2D eigenvalue weighted by Gasteiger charge is -2.14. The van der Waals surface area contributed by atoms with Crippen molar-refractivity contribution in [2.45, 2.75) is 33.8 Å². The molecule has 1 atom stereocenters. The highest BCUT2D eigenvalue weighted by molar-refractivity contribution is 5.43. The first-order valence-electron chi connectivity index (χ1n) is 6.34. The molecule has 102 valence electrons. The fourth-order valence-corrected chi connectivity index (χ4v) is 2.45. The lowest BCUT2D eigenvalue weighted by molar-refractivity contribution is 0.217. The molecule has 2 aromatic rings. The van der Waals surface area contributed by atoms with Crippen LogP contribution in [0.15, 0.2) is 22.6 Å². The Morgan fingerprint density at radius 3 is 2.26 bits per heavy atom. The predicted molar refractivity (Wildman–Crippen MR) is 74.7 cm³/mol. The molecule has 0 fully saturated rings. The SMILES string of the molecule is COc1ccc(C(O)c2c(C)oc(C)c2C)cc1C. The average molecular weight is 260 g/mol. The molecule has 19 heavy (non-hydrogen) atoms. The van der Waals surface area contributed by atoms with E-state index in [-0.39, 0.29) is 0 Å². The van der Waals surface area contributed by atoms with Crippen LogP contribution in [-0.4, -0.2) is 12.2 Å². The zero-order chi connectivity index (χ0) is 14.2. The van der Waals surface area contributed by atoms with Gasteiger partial charge in [0.1, 0.15) is 23.4 Å². The molecule has 0 aliphatic carbocycles. The predicted octanol–water partition coefficient (Wildman–Crippen LogP) is 3.60. The summed E-state index contributed by atoms with van der Waals surface area (Å²) in [6, 6.07) is 5.72. The van der Waals surface area contributed by atoms with E-state index in [2.05, 4.69) is 0 Å². The molecule has 2 rings (SSSR count). The smallest absolute Gasteiger partial charge is 0.121 e. The topological polar surface area (TPSA) is 42.6 Å². The van der Waals surface area contributed by atoms with E-state index in [0.717, 1.165) is 39.5 Å². The number of aryl methyl sites for hydroxylation is 3. The summed E-state index contributed by atoms with van der Waals surface area (Å²) in [6.45, 7) is 7.74. The van der Waals surface area contributed by atoms with Gasteiger partial charge in [-0.3, -0.25) is 0 Å². The number of hydrogen-bond acceptors (Lipinski definition) is 3. The molecule has 0 radical (unpaired) electrons. The molecule has 3 nitrogen and oxygen atoms in total. The molecule has 0 saturated heterocycles. The summed E-state index contributed by atoms with van der Waals surface area (Å²) in [5.74, 6) is 2.46. The monoisotopic (exact) mass is 260 g/mol. The van der Waals surface area contributed by atoms with Gasteiger partial charge in [-0.15, -0.1) is 0 Å². The first kappa shape index (κ1) is 13.7. The molecule has 1 N–H and O–H groups in total. The second-order valence-electron chi connectivity index (χ2n) is 4.88. The summed E-state index contributed by atoms with van der Waals surface area (Å²) >= 11 is 0. The lowest BCUT2D eigenvalue weighted by Crippen LogP contribution is -2.03. The van der Waals surface area contributed by atoms with Crippen LogP contribution in [-0.2, 0) is 0 Å². The Hall–Kier alpha value is -1.74. The van der Waals surface area contributed by atoms with Gasteiger partial charge in [-0.05, 0) is 56.5 Å². The third kappa shape index (κ3) is 2.38. The average Bonchev–Trinajstić information content (AvgIpc) is 2.62. The van der Waals surface area contributed by atoms with Gasteiger partial charge >= 0.3 is 0 Å². The van der Waals surface area contributed by atoms with Gasteiger partial charge in [-0.1, -0.05) is 6.07 Å². The Kier molecular flexibility index (Phi) is 3.67. The van der Waals surface area contributed by atoms with Gasteiger partial charge in [0, 0.05) is 5.56 Å². The summed E-state index contributed by atoms with van der Waals surface area (Å²) in [4.78, 5) is 0. The molecular weight excluding hydrogens is 240 g/mol. The van der Waals surface area contributed by atoms with Gasteiger partial charge in [-0.2, -0.15) is 0 Å². The summed E-state index contributed by atoms with van der Waals surface area (Å²) < 4.78 is 10.8. The zero-order valence-electron chi connectivity index (χ0n) is 12.1. The van der Waals surface area contributed by atoms with Gasteiger partial charge in [-0.25, -0.2) is 0 Å². The largest absolute Gasteiger partial charge is 0.496 e. The minimum absolute atomic E-state index is 0.665. The lowest BCUT2D eigenvalue weighted by atomic mass is 9.97. The Morgan fingerprint density at radius 1 is 1.11 bits per heavy atom. The minimum Gasteiger partial charge on any atom is -0.496 e. The van der Waals surface area contributed by atoms with Gasteiger partial charge in [0.15, 0.2) is 0 Å². The van der Waals surface area contributed by atoms with E-state index < -0.39 is 6.10 Å². The molecule has 0 spiro atoms. The quantitative estimate of drug-likeness (QED) is 0.916. The van der Waals surface area contributed by atoms with E-state index in [1.54, 1.807) is 7.11 Å². The first-order chi connectivity index (χ1) is 8.95. The molecule has 1 aromatic carbocycles. The van der Waals surface area contributed by atoms with Crippen molar-refractivity contribution in [3.63, 3.8) is 0 Å². The van der Waals surface area contributed by atoms with Crippen molar-refractivity contribution in [3.8, 4) is 5.75 Å². The van der Waals surface area contributed by atoms with Gasteiger partial charge < -0.3 is 14.3 Å². The van der Waals surface area contributed by atoms with Gasteiger partial charge in [0.2, 0.25) is 0 Å². The molecule has 0 aliphatic heterocycles. The van der Waals surface area contributed by atoms with Crippen LogP contribution < -0.4 is 4.74 Å². The number of methoxy groups -OCH3 is 1. The van der Waals surface area contributed by atoms with E-state index >= 15 is 0 Å². The molecule has 3 heteroatoms. The molecule has 0 amide bonds. The Bertz CT molecular complexity index is 596. The van der Waals surface area contributed by atoms with Gasteiger partial charge in [0.25, 0.3) is 0 Å². The van der Waals surface area contributed by atoms with Gasteiger partial charge in [0.05, 0.1) is 7.11 Å². The highest BCUT2D eigenvalue weighted by Crippen LogP contribution is 2.32. The van der Waals surface area contributed by atoms with E-state index in [1.807, 2.05) is 45.9 Å². The molecule has 0 bridgehead atoms. The Morgan fingerprint density at radius 2 is 1.79 bits per heavy atom. The van der Waals surface area contributed by atoms with E-state index in [9.17, 15) is 5.11 Å². The van der Waals surface area contributed by atoms with Crippen molar-refractivity contribution in [2.24, 2.45) is 0 Å². The highest BCUT2D eigenvalue weighted by Gasteiger charge is 2.21. The maximum atomic E-state index is 10.6. The highest BCUT2D eigenvalue weighted by atomic mass is 16.5. The third-order valence-corrected chi connectivity index (χ3v) is 3.63. The van der Waals surface area contributed by atoms with Crippen LogP contribution in [0.5, 0.6) is 5.75 Å². The van der Waals surface area contributed by atoms with E-state index in [1.165, 1.54) is 0 Å². The van der Waals surface area contributed by atoms with Crippen LogP contribution in [0.3, 0.4) is 0 Å². The van der Waals surface area contributed by atoms with Crippen LogP contribution in [0, 0.1) is 27.7 Å². The van der Waals surface area contributed by atoms with E-state index in [0.29, 0.717) is 0 Å². The minimum atomic E-state index is -0.665. The van der Waals surface area contributed by atoms with Crippen LogP contribution in [0.4, 0.5) is 0 Å². The molecular formula is C16H20O3. The Labute approximate surface area is 113 Å². The maximum absolute atomic E-state index is 10.6. The van der Waals surface area contributed by atoms with Crippen molar-refractivity contribution in [2.75, 3.05) is 7.11 Å².